The number of aryl methyl sites for hydroxylation is 1. The maximum Gasteiger partial charge on any atom is 0.262 e. The predicted octanol–water partition coefficient (Wildman–Crippen LogP) is 3.95. The fourth-order valence-electron chi connectivity index (χ4n) is 3.90. The Labute approximate surface area is 173 Å². The summed E-state index contributed by atoms with van der Waals surface area (Å²) < 4.78 is 36.1. The van der Waals surface area contributed by atoms with E-state index in [0.29, 0.717) is 17.1 Å². The smallest absolute Gasteiger partial charge is 0.262 e. The summed E-state index contributed by atoms with van der Waals surface area (Å²) in [5.74, 6) is 0.130. The van der Waals surface area contributed by atoms with E-state index in [4.69, 9.17) is 4.74 Å². The molecule has 0 bridgehead atoms. The average Bonchev–Trinajstić information content (AvgIpc) is 3.06. The first-order valence-electron chi connectivity index (χ1n) is 9.57. The second-order valence-electron chi connectivity index (χ2n) is 7.09. The van der Waals surface area contributed by atoms with Crippen molar-refractivity contribution in [3.8, 4) is 5.75 Å². The Hall–Kier alpha value is -3.52. The molecular weight excluding hydrogens is 402 g/mol. The highest BCUT2D eigenvalue weighted by Crippen LogP contribution is 2.33. The fraction of sp³-hybridized carbons (Fsp3) is 0.136. The number of sulfonamides is 1. The molecule has 2 heterocycles. The van der Waals surface area contributed by atoms with Crippen LogP contribution >= 0.6 is 0 Å². The second-order valence-corrected chi connectivity index (χ2v) is 8.78. The number of carbonyl (C=O) groups excluding carboxylic acids is 1. The van der Waals surface area contributed by atoms with Gasteiger partial charge in [0.2, 0.25) is 0 Å². The van der Waals surface area contributed by atoms with Crippen molar-refractivity contribution in [2.24, 2.45) is 0 Å². The number of carbonyl (C=O) groups is 1. The molecule has 0 aliphatic carbocycles. The maximum atomic E-state index is 13.0. The van der Waals surface area contributed by atoms with Crippen LogP contribution in [0.1, 0.15) is 6.92 Å². The third-order valence-electron chi connectivity index (χ3n) is 5.23. The number of nitrogens with one attached hydrogen (secondary N) is 2. The number of anilines is 2. The zero-order valence-electron chi connectivity index (χ0n) is 16.2. The first kappa shape index (κ1) is 18.5. The number of ether oxygens (including phenoxy) is 1. The molecule has 30 heavy (non-hydrogen) atoms. The number of rotatable bonds is 4. The van der Waals surface area contributed by atoms with Gasteiger partial charge in [-0.3, -0.25) is 9.52 Å². The van der Waals surface area contributed by atoms with E-state index in [1.54, 1.807) is 12.1 Å². The minimum Gasteiger partial charge on any atom is -0.482 e. The van der Waals surface area contributed by atoms with E-state index >= 15 is 0 Å². The molecule has 0 spiro atoms. The highest BCUT2D eigenvalue weighted by molar-refractivity contribution is 7.92. The van der Waals surface area contributed by atoms with E-state index in [1.807, 2.05) is 30.3 Å². The maximum absolute atomic E-state index is 13.0. The normalized spacial score (nSPS) is 13.7. The standard InChI is InChI=1S/C22H19N3O4S/c1-2-25-19-6-4-3-5-16(19)17-11-14(7-9-20(17)25)24-30(27,28)15-8-10-21-18(12-15)23-22(26)13-29-21/h3-12,24H,2,13H2,1H3,(H,23,26). The van der Waals surface area contributed by atoms with Crippen LogP contribution in [-0.4, -0.2) is 25.5 Å². The lowest BCUT2D eigenvalue weighted by atomic mass is 10.1. The zero-order valence-corrected chi connectivity index (χ0v) is 17.0. The summed E-state index contributed by atoms with van der Waals surface area (Å²) in [5, 5.41) is 4.69. The molecule has 0 unspecified atom stereocenters. The van der Waals surface area contributed by atoms with E-state index in [9.17, 15) is 13.2 Å². The van der Waals surface area contributed by atoms with E-state index in [0.717, 1.165) is 28.4 Å². The van der Waals surface area contributed by atoms with E-state index in [1.165, 1.54) is 12.1 Å². The summed E-state index contributed by atoms with van der Waals surface area (Å²) in [7, 11) is -3.85. The Bertz CT molecular complexity index is 1420. The summed E-state index contributed by atoms with van der Waals surface area (Å²) in [5.41, 5.74) is 2.98. The summed E-state index contributed by atoms with van der Waals surface area (Å²) in [6.07, 6.45) is 0. The molecule has 5 rings (SSSR count). The van der Waals surface area contributed by atoms with Gasteiger partial charge in [-0.1, -0.05) is 18.2 Å². The predicted molar refractivity (Wildman–Crippen MR) is 116 cm³/mol. The van der Waals surface area contributed by atoms with Crippen LogP contribution < -0.4 is 14.8 Å². The van der Waals surface area contributed by atoms with Crippen LogP contribution in [-0.2, 0) is 21.4 Å². The van der Waals surface area contributed by atoms with Gasteiger partial charge in [-0.05, 0) is 49.4 Å². The molecule has 152 valence electrons. The molecule has 4 aromatic rings. The summed E-state index contributed by atoms with van der Waals surface area (Å²) in [6.45, 7) is 2.82. The minimum atomic E-state index is -3.85. The number of benzene rings is 3. The number of hydrogen-bond donors (Lipinski definition) is 2. The molecule has 0 saturated carbocycles. The molecule has 1 aliphatic heterocycles. The van der Waals surface area contributed by atoms with Crippen molar-refractivity contribution < 1.29 is 17.9 Å². The topological polar surface area (TPSA) is 89.4 Å². The van der Waals surface area contributed by atoms with Gasteiger partial charge in [0.25, 0.3) is 15.9 Å². The van der Waals surface area contributed by atoms with Crippen LogP contribution in [0, 0.1) is 0 Å². The molecule has 7 nitrogen and oxygen atoms in total. The van der Waals surface area contributed by atoms with Gasteiger partial charge < -0.3 is 14.6 Å². The van der Waals surface area contributed by atoms with E-state index < -0.39 is 10.0 Å². The van der Waals surface area contributed by atoms with Crippen LogP contribution in [0.3, 0.4) is 0 Å². The van der Waals surface area contributed by atoms with Gasteiger partial charge in [0.15, 0.2) is 6.61 Å². The van der Waals surface area contributed by atoms with Gasteiger partial charge in [-0.25, -0.2) is 8.42 Å². The highest BCUT2D eigenvalue weighted by atomic mass is 32.2. The number of fused-ring (bicyclic) bond motifs is 4. The van der Waals surface area contributed by atoms with Gasteiger partial charge >= 0.3 is 0 Å². The number of amides is 1. The van der Waals surface area contributed by atoms with Crippen molar-refractivity contribution in [2.45, 2.75) is 18.4 Å². The van der Waals surface area contributed by atoms with Gasteiger partial charge in [-0.15, -0.1) is 0 Å². The number of aromatic nitrogens is 1. The monoisotopic (exact) mass is 421 g/mol. The lowest BCUT2D eigenvalue weighted by Gasteiger charge is -2.18. The SMILES string of the molecule is CCn1c2ccccc2c2cc(NS(=O)(=O)c3ccc4c(c3)NC(=O)CO4)ccc21. The summed E-state index contributed by atoms with van der Waals surface area (Å²) >= 11 is 0. The Kier molecular flexibility index (Phi) is 4.18. The third-order valence-corrected chi connectivity index (χ3v) is 6.61. The average molecular weight is 421 g/mol. The molecule has 1 aliphatic rings. The Balaban J connectivity index is 1.54. The van der Waals surface area contributed by atoms with Crippen molar-refractivity contribution in [1.82, 2.24) is 4.57 Å². The van der Waals surface area contributed by atoms with Crippen molar-refractivity contribution >= 4 is 49.1 Å². The van der Waals surface area contributed by atoms with Crippen LogP contribution in [0.4, 0.5) is 11.4 Å². The first-order chi connectivity index (χ1) is 14.5. The quantitative estimate of drug-likeness (QED) is 0.522. The lowest BCUT2D eigenvalue weighted by molar-refractivity contribution is -0.118. The van der Waals surface area contributed by atoms with Gasteiger partial charge in [0.05, 0.1) is 10.6 Å². The van der Waals surface area contributed by atoms with Crippen LogP contribution in [0.2, 0.25) is 0 Å². The molecule has 2 N–H and O–H groups in total. The van der Waals surface area contributed by atoms with Crippen molar-refractivity contribution in [1.29, 1.82) is 0 Å². The summed E-state index contributed by atoms with van der Waals surface area (Å²) in [6, 6.07) is 18.0. The van der Waals surface area contributed by atoms with Gasteiger partial charge in [-0.2, -0.15) is 0 Å². The Morgan fingerprint density at radius 3 is 2.67 bits per heavy atom. The number of para-hydroxylation sites is 1. The fourth-order valence-corrected chi connectivity index (χ4v) is 4.98. The molecule has 0 radical (unpaired) electrons. The van der Waals surface area contributed by atoms with Crippen LogP contribution in [0.25, 0.3) is 21.8 Å². The third kappa shape index (κ3) is 2.96. The van der Waals surface area contributed by atoms with E-state index in [-0.39, 0.29) is 17.4 Å². The number of hydrogen-bond acceptors (Lipinski definition) is 4. The number of nitrogens with zero attached hydrogens (tertiary/aromatic N) is 1. The van der Waals surface area contributed by atoms with Crippen LogP contribution in [0.15, 0.2) is 65.6 Å². The minimum absolute atomic E-state index is 0.0446. The molecule has 0 saturated heterocycles. The molecular formula is C22H19N3O4S. The largest absolute Gasteiger partial charge is 0.482 e. The molecule has 3 aromatic carbocycles. The molecule has 1 aromatic heterocycles. The molecule has 1 amide bonds. The molecule has 0 atom stereocenters. The van der Waals surface area contributed by atoms with E-state index in [2.05, 4.69) is 27.6 Å². The van der Waals surface area contributed by atoms with Crippen molar-refractivity contribution in [3.63, 3.8) is 0 Å². The lowest BCUT2D eigenvalue weighted by Crippen LogP contribution is -2.25. The van der Waals surface area contributed by atoms with Gasteiger partial charge in [0, 0.05) is 34.0 Å². The first-order valence-corrected chi connectivity index (χ1v) is 11.0. The van der Waals surface area contributed by atoms with Crippen molar-refractivity contribution in [2.75, 3.05) is 16.6 Å². The van der Waals surface area contributed by atoms with Gasteiger partial charge in [0.1, 0.15) is 5.75 Å². The second kappa shape index (κ2) is 6.77. The summed E-state index contributed by atoms with van der Waals surface area (Å²) in [4.78, 5) is 11.6. The Morgan fingerprint density at radius 1 is 1.03 bits per heavy atom. The van der Waals surface area contributed by atoms with Crippen molar-refractivity contribution in [3.05, 3.63) is 60.7 Å². The molecule has 0 fully saturated rings. The van der Waals surface area contributed by atoms with Crippen LogP contribution in [0.5, 0.6) is 5.75 Å². The highest BCUT2D eigenvalue weighted by Gasteiger charge is 2.21. The Morgan fingerprint density at radius 2 is 1.83 bits per heavy atom. The zero-order chi connectivity index (χ0) is 20.9. The molecule has 8 heteroatoms.